The van der Waals surface area contributed by atoms with Crippen LogP contribution in [0, 0.1) is 0 Å². The van der Waals surface area contributed by atoms with Crippen molar-refractivity contribution in [1.29, 1.82) is 0 Å². The average Bonchev–Trinajstić information content (AvgIpc) is 2.39. The SMILES string of the molecule is CN(C)C1(CNC2CCC(O)CC2)CCCCC1. The first-order valence-electron chi connectivity index (χ1n) is 7.71. The average molecular weight is 254 g/mol. The molecule has 2 rings (SSSR count). The minimum atomic E-state index is -0.0412. The molecule has 0 spiro atoms. The zero-order valence-corrected chi connectivity index (χ0v) is 12.1. The van der Waals surface area contributed by atoms with E-state index in [2.05, 4.69) is 24.3 Å². The first-order valence-corrected chi connectivity index (χ1v) is 7.71. The van der Waals surface area contributed by atoms with Crippen LogP contribution in [0.5, 0.6) is 0 Å². The maximum Gasteiger partial charge on any atom is 0.0541 e. The molecule has 0 atom stereocenters. The van der Waals surface area contributed by atoms with Gasteiger partial charge >= 0.3 is 0 Å². The molecule has 0 unspecified atom stereocenters. The Morgan fingerprint density at radius 2 is 1.67 bits per heavy atom. The Hall–Kier alpha value is -0.120. The second-order valence-corrected chi connectivity index (χ2v) is 6.57. The number of nitrogens with one attached hydrogen (secondary N) is 1. The van der Waals surface area contributed by atoms with E-state index in [-0.39, 0.29) is 6.10 Å². The van der Waals surface area contributed by atoms with Gasteiger partial charge in [-0.15, -0.1) is 0 Å². The molecule has 2 aliphatic carbocycles. The van der Waals surface area contributed by atoms with E-state index >= 15 is 0 Å². The van der Waals surface area contributed by atoms with E-state index in [0.717, 1.165) is 32.2 Å². The van der Waals surface area contributed by atoms with Gasteiger partial charge in [0.15, 0.2) is 0 Å². The second kappa shape index (κ2) is 6.36. The van der Waals surface area contributed by atoms with Crippen LogP contribution in [0.4, 0.5) is 0 Å². The minimum Gasteiger partial charge on any atom is -0.393 e. The van der Waals surface area contributed by atoms with E-state index in [4.69, 9.17) is 0 Å². The molecule has 0 aromatic carbocycles. The molecule has 0 amide bonds. The van der Waals surface area contributed by atoms with Crippen LogP contribution in [-0.2, 0) is 0 Å². The minimum absolute atomic E-state index is 0.0412. The molecule has 18 heavy (non-hydrogen) atoms. The van der Waals surface area contributed by atoms with Gasteiger partial charge in [0, 0.05) is 18.1 Å². The number of nitrogens with zero attached hydrogens (tertiary/aromatic N) is 1. The summed E-state index contributed by atoms with van der Waals surface area (Å²) < 4.78 is 0. The molecule has 0 aliphatic heterocycles. The smallest absolute Gasteiger partial charge is 0.0541 e. The first kappa shape index (κ1) is 14.3. The van der Waals surface area contributed by atoms with Crippen LogP contribution in [0.1, 0.15) is 57.8 Å². The van der Waals surface area contributed by atoms with Crippen molar-refractivity contribution in [2.45, 2.75) is 75.5 Å². The molecule has 2 aliphatic rings. The molecule has 2 N–H and O–H groups in total. The topological polar surface area (TPSA) is 35.5 Å². The van der Waals surface area contributed by atoms with Crippen LogP contribution < -0.4 is 5.32 Å². The highest BCUT2D eigenvalue weighted by Crippen LogP contribution is 2.32. The Balaban J connectivity index is 1.82. The maximum absolute atomic E-state index is 9.55. The molecule has 0 bridgehead atoms. The lowest BCUT2D eigenvalue weighted by molar-refractivity contribution is 0.0821. The first-order chi connectivity index (χ1) is 8.62. The van der Waals surface area contributed by atoms with E-state index in [1.54, 1.807) is 0 Å². The lowest BCUT2D eigenvalue weighted by Crippen LogP contribution is -2.54. The number of likely N-dealkylation sites (N-methyl/N-ethyl adjacent to an activating group) is 1. The Labute approximate surface area is 112 Å². The van der Waals surface area contributed by atoms with E-state index < -0.39 is 0 Å². The molecule has 0 aromatic rings. The van der Waals surface area contributed by atoms with Crippen LogP contribution in [0.3, 0.4) is 0 Å². The number of hydrogen-bond donors (Lipinski definition) is 2. The van der Waals surface area contributed by atoms with Crippen LogP contribution in [-0.4, -0.2) is 48.3 Å². The summed E-state index contributed by atoms with van der Waals surface area (Å²) in [5.41, 5.74) is 0.383. The molecule has 0 radical (unpaired) electrons. The van der Waals surface area contributed by atoms with Crippen LogP contribution >= 0.6 is 0 Å². The highest BCUT2D eigenvalue weighted by Gasteiger charge is 2.34. The van der Waals surface area contributed by atoms with Crippen molar-refractivity contribution < 1.29 is 5.11 Å². The standard InChI is InChI=1S/C15H30N2O/c1-17(2)15(10-4-3-5-11-15)12-16-13-6-8-14(18)9-7-13/h13-14,16,18H,3-12H2,1-2H3. The third kappa shape index (κ3) is 3.46. The normalized spacial score (nSPS) is 32.7. The molecular weight excluding hydrogens is 224 g/mol. The number of rotatable bonds is 4. The summed E-state index contributed by atoms with van der Waals surface area (Å²) in [5, 5.41) is 13.3. The summed E-state index contributed by atoms with van der Waals surface area (Å²) in [6, 6.07) is 0.632. The largest absolute Gasteiger partial charge is 0.393 e. The van der Waals surface area contributed by atoms with Crippen molar-refractivity contribution in [3.63, 3.8) is 0 Å². The van der Waals surface area contributed by atoms with Crippen molar-refractivity contribution in [1.82, 2.24) is 10.2 Å². The summed E-state index contributed by atoms with van der Waals surface area (Å²) in [6.07, 6.45) is 11.0. The number of aliphatic hydroxyl groups excluding tert-OH is 1. The quantitative estimate of drug-likeness (QED) is 0.807. The lowest BCUT2D eigenvalue weighted by Gasteiger charge is -2.44. The molecule has 3 nitrogen and oxygen atoms in total. The van der Waals surface area contributed by atoms with Gasteiger partial charge < -0.3 is 15.3 Å². The summed E-state index contributed by atoms with van der Waals surface area (Å²) >= 11 is 0. The lowest BCUT2D eigenvalue weighted by atomic mass is 9.80. The molecule has 2 saturated carbocycles. The van der Waals surface area contributed by atoms with Crippen molar-refractivity contribution in [2.24, 2.45) is 0 Å². The zero-order valence-electron chi connectivity index (χ0n) is 12.1. The fourth-order valence-electron chi connectivity index (χ4n) is 3.61. The number of hydrogen-bond acceptors (Lipinski definition) is 3. The van der Waals surface area contributed by atoms with Gasteiger partial charge in [0.05, 0.1) is 6.10 Å². The van der Waals surface area contributed by atoms with Gasteiger partial charge in [-0.1, -0.05) is 19.3 Å². The van der Waals surface area contributed by atoms with Crippen molar-refractivity contribution in [3.8, 4) is 0 Å². The fourth-order valence-corrected chi connectivity index (χ4v) is 3.61. The Kier molecular flexibility index (Phi) is 5.05. The van der Waals surface area contributed by atoms with E-state index in [1.807, 2.05) is 0 Å². The van der Waals surface area contributed by atoms with Gasteiger partial charge in [-0.05, 0) is 52.6 Å². The van der Waals surface area contributed by atoms with E-state index in [9.17, 15) is 5.11 Å². The molecule has 106 valence electrons. The van der Waals surface area contributed by atoms with Crippen molar-refractivity contribution in [3.05, 3.63) is 0 Å². The molecule has 2 fully saturated rings. The molecule has 3 heteroatoms. The van der Waals surface area contributed by atoms with Crippen LogP contribution in [0.25, 0.3) is 0 Å². The highest BCUT2D eigenvalue weighted by molar-refractivity contribution is 4.94. The van der Waals surface area contributed by atoms with Gasteiger partial charge in [0.2, 0.25) is 0 Å². The summed E-state index contributed by atoms with van der Waals surface area (Å²) in [6.45, 7) is 1.13. The number of aliphatic hydroxyl groups is 1. The van der Waals surface area contributed by atoms with Crippen LogP contribution in [0.2, 0.25) is 0 Å². The second-order valence-electron chi connectivity index (χ2n) is 6.57. The van der Waals surface area contributed by atoms with Crippen molar-refractivity contribution >= 4 is 0 Å². The predicted octanol–water partition coefficient (Wildman–Crippen LogP) is 2.14. The monoisotopic (exact) mass is 254 g/mol. The van der Waals surface area contributed by atoms with E-state index in [0.29, 0.717) is 11.6 Å². The third-order valence-corrected chi connectivity index (χ3v) is 5.15. The molecule has 0 heterocycles. The molecule has 0 aromatic heterocycles. The molecule has 0 saturated heterocycles. The summed E-state index contributed by atoms with van der Waals surface area (Å²) in [5.74, 6) is 0. The van der Waals surface area contributed by atoms with Crippen LogP contribution in [0.15, 0.2) is 0 Å². The van der Waals surface area contributed by atoms with Crippen molar-refractivity contribution in [2.75, 3.05) is 20.6 Å². The van der Waals surface area contributed by atoms with Gasteiger partial charge in [0.1, 0.15) is 0 Å². The highest BCUT2D eigenvalue weighted by atomic mass is 16.3. The van der Waals surface area contributed by atoms with Gasteiger partial charge in [-0.25, -0.2) is 0 Å². The zero-order chi connectivity index (χ0) is 13.0. The van der Waals surface area contributed by atoms with Gasteiger partial charge in [0.25, 0.3) is 0 Å². The third-order valence-electron chi connectivity index (χ3n) is 5.15. The Bertz CT molecular complexity index is 241. The predicted molar refractivity (Wildman–Crippen MR) is 75.8 cm³/mol. The fraction of sp³-hybridized carbons (Fsp3) is 1.00. The van der Waals surface area contributed by atoms with Gasteiger partial charge in [-0.3, -0.25) is 0 Å². The Morgan fingerprint density at radius 3 is 2.22 bits per heavy atom. The maximum atomic E-state index is 9.55. The van der Waals surface area contributed by atoms with E-state index in [1.165, 1.54) is 32.1 Å². The molecular formula is C15H30N2O. The van der Waals surface area contributed by atoms with Gasteiger partial charge in [-0.2, -0.15) is 0 Å². The summed E-state index contributed by atoms with van der Waals surface area (Å²) in [7, 11) is 4.47. The summed E-state index contributed by atoms with van der Waals surface area (Å²) in [4.78, 5) is 2.44. The Morgan fingerprint density at radius 1 is 1.06 bits per heavy atom.